The second-order valence-electron chi connectivity index (χ2n) is 8.84. The van der Waals surface area contributed by atoms with Gasteiger partial charge in [0.05, 0.1) is 22.0 Å². The van der Waals surface area contributed by atoms with Crippen LogP contribution >= 0.6 is 0 Å². The molecule has 1 aliphatic heterocycles. The Morgan fingerprint density at radius 2 is 1.90 bits per heavy atom. The molecule has 1 aliphatic rings. The molecule has 0 unspecified atom stereocenters. The third-order valence-corrected chi connectivity index (χ3v) is 4.77. The standard InChI is InChI=1S/C22H31N3O6/c1-7-15-12-19(30-14(2)3)18(25(28)29)13-17(15)20(26)23-16-8-10-24(11-9-16)31-21(27)22(4,5)6/h7,12-14,16H,1,8-11H2,2-6H3,(H,23,26). The zero-order valence-corrected chi connectivity index (χ0v) is 18.8. The summed E-state index contributed by atoms with van der Waals surface area (Å²) in [4.78, 5) is 41.2. The average Bonchev–Trinajstić information content (AvgIpc) is 2.67. The number of nitrogens with zero attached hydrogens (tertiary/aromatic N) is 2. The van der Waals surface area contributed by atoms with Gasteiger partial charge in [-0.05, 0) is 59.1 Å². The summed E-state index contributed by atoms with van der Waals surface area (Å²) >= 11 is 0. The van der Waals surface area contributed by atoms with E-state index in [1.807, 2.05) is 0 Å². The van der Waals surface area contributed by atoms with Gasteiger partial charge in [0.1, 0.15) is 0 Å². The summed E-state index contributed by atoms with van der Waals surface area (Å²) in [7, 11) is 0. The Kier molecular flexibility index (Phi) is 7.78. The molecule has 0 spiro atoms. The Hall–Kier alpha value is -2.94. The first-order valence-electron chi connectivity index (χ1n) is 10.3. The molecule has 1 amide bonds. The van der Waals surface area contributed by atoms with Crippen molar-refractivity contribution in [1.82, 2.24) is 10.4 Å². The minimum Gasteiger partial charge on any atom is -0.484 e. The number of carbonyl (C=O) groups is 2. The Morgan fingerprint density at radius 3 is 2.39 bits per heavy atom. The van der Waals surface area contributed by atoms with Gasteiger partial charge in [-0.1, -0.05) is 12.7 Å². The van der Waals surface area contributed by atoms with Crippen molar-refractivity contribution >= 4 is 23.6 Å². The molecule has 9 nitrogen and oxygen atoms in total. The number of rotatable bonds is 7. The summed E-state index contributed by atoms with van der Waals surface area (Å²) in [5, 5.41) is 16.0. The van der Waals surface area contributed by atoms with Gasteiger partial charge >= 0.3 is 11.7 Å². The van der Waals surface area contributed by atoms with Crippen LogP contribution < -0.4 is 10.1 Å². The monoisotopic (exact) mass is 433 g/mol. The quantitative estimate of drug-likeness (QED) is 0.515. The van der Waals surface area contributed by atoms with Crippen LogP contribution in [-0.2, 0) is 9.63 Å². The Labute approximate surface area is 182 Å². The van der Waals surface area contributed by atoms with E-state index in [0.29, 0.717) is 31.5 Å². The summed E-state index contributed by atoms with van der Waals surface area (Å²) in [5.41, 5.74) is -0.241. The summed E-state index contributed by atoms with van der Waals surface area (Å²) in [6, 6.07) is 2.55. The van der Waals surface area contributed by atoms with Gasteiger partial charge in [-0.2, -0.15) is 0 Å². The molecule has 1 aromatic rings. The summed E-state index contributed by atoms with van der Waals surface area (Å²) in [6.07, 6.45) is 2.39. The number of nitro benzene ring substituents is 1. The predicted octanol–water partition coefficient (Wildman–Crippen LogP) is 3.72. The number of nitrogens with one attached hydrogen (secondary N) is 1. The minimum atomic E-state index is -0.591. The van der Waals surface area contributed by atoms with Crippen molar-refractivity contribution in [3.05, 3.63) is 40.0 Å². The zero-order valence-electron chi connectivity index (χ0n) is 18.8. The number of nitro groups is 1. The molecule has 1 aromatic carbocycles. The van der Waals surface area contributed by atoms with Gasteiger partial charge < -0.3 is 14.9 Å². The number of hydroxylamine groups is 2. The molecule has 0 atom stereocenters. The van der Waals surface area contributed by atoms with Crippen LogP contribution in [0.3, 0.4) is 0 Å². The highest BCUT2D eigenvalue weighted by Gasteiger charge is 2.30. The first-order valence-corrected chi connectivity index (χ1v) is 10.3. The molecule has 0 radical (unpaired) electrons. The van der Waals surface area contributed by atoms with Crippen molar-refractivity contribution in [3.8, 4) is 5.75 Å². The molecular formula is C22H31N3O6. The van der Waals surface area contributed by atoms with Crippen LogP contribution in [0, 0.1) is 15.5 Å². The molecule has 0 bridgehead atoms. The van der Waals surface area contributed by atoms with Crippen molar-refractivity contribution in [2.45, 2.75) is 59.6 Å². The Bertz CT molecular complexity index is 852. The first kappa shape index (κ1) is 24.3. The van der Waals surface area contributed by atoms with Gasteiger partial charge in [0.2, 0.25) is 0 Å². The van der Waals surface area contributed by atoms with Crippen LogP contribution in [-0.4, -0.2) is 47.1 Å². The predicted molar refractivity (Wildman–Crippen MR) is 117 cm³/mol. The average molecular weight is 434 g/mol. The Morgan fingerprint density at radius 1 is 1.29 bits per heavy atom. The second kappa shape index (κ2) is 9.91. The van der Waals surface area contributed by atoms with E-state index >= 15 is 0 Å². The van der Waals surface area contributed by atoms with Crippen molar-refractivity contribution in [2.75, 3.05) is 13.1 Å². The minimum absolute atomic E-state index is 0.0976. The highest BCUT2D eigenvalue weighted by atomic mass is 16.7. The SMILES string of the molecule is C=Cc1cc(OC(C)C)c([N+](=O)[O-])cc1C(=O)NC1CCN(OC(=O)C(C)(C)C)CC1. The van der Waals surface area contributed by atoms with Crippen LogP contribution in [0.2, 0.25) is 0 Å². The van der Waals surface area contributed by atoms with Gasteiger partial charge in [0.25, 0.3) is 5.91 Å². The zero-order chi connectivity index (χ0) is 23.3. The molecule has 0 aromatic heterocycles. The molecule has 31 heavy (non-hydrogen) atoms. The van der Waals surface area contributed by atoms with Crippen molar-refractivity contribution in [1.29, 1.82) is 0 Å². The lowest BCUT2D eigenvalue weighted by Gasteiger charge is -2.32. The molecule has 9 heteroatoms. The van der Waals surface area contributed by atoms with Crippen molar-refractivity contribution < 1.29 is 24.1 Å². The van der Waals surface area contributed by atoms with E-state index in [0.717, 1.165) is 0 Å². The molecule has 1 heterocycles. The van der Waals surface area contributed by atoms with E-state index in [2.05, 4.69) is 11.9 Å². The third-order valence-electron chi connectivity index (χ3n) is 4.77. The van der Waals surface area contributed by atoms with Gasteiger partial charge in [0, 0.05) is 25.2 Å². The highest BCUT2D eigenvalue weighted by Crippen LogP contribution is 2.32. The maximum Gasteiger partial charge on any atom is 0.330 e. The number of benzene rings is 1. The van der Waals surface area contributed by atoms with Crippen LogP contribution in [0.5, 0.6) is 5.75 Å². The largest absolute Gasteiger partial charge is 0.484 e. The number of hydrogen-bond acceptors (Lipinski definition) is 7. The van der Waals surface area contributed by atoms with E-state index in [9.17, 15) is 19.7 Å². The molecule has 170 valence electrons. The van der Waals surface area contributed by atoms with Gasteiger partial charge in [0.15, 0.2) is 5.75 Å². The van der Waals surface area contributed by atoms with Crippen LogP contribution in [0.1, 0.15) is 63.4 Å². The molecule has 0 saturated carbocycles. The number of hydrogen-bond donors (Lipinski definition) is 1. The molecule has 1 N–H and O–H groups in total. The maximum absolute atomic E-state index is 12.9. The van der Waals surface area contributed by atoms with E-state index in [4.69, 9.17) is 9.57 Å². The summed E-state index contributed by atoms with van der Waals surface area (Å²) < 4.78 is 5.53. The smallest absolute Gasteiger partial charge is 0.330 e. The lowest BCUT2D eigenvalue weighted by atomic mass is 9.98. The van der Waals surface area contributed by atoms with Crippen LogP contribution in [0.4, 0.5) is 5.69 Å². The van der Waals surface area contributed by atoms with Crippen molar-refractivity contribution in [3.63, 3.8) is 0 Å². The molecule has 0 aliphatic carbocycles. The van der Waals surface area contributed by atoms with E-state index in [1.165, 1.54) is 18.2 Å². The lowest BCUT2D eigenvalue weighted by Crippen LogP contribution is -2.46. The summed E-state index contributed by atoms with van der Waals surface area (Å²) in [6.45, 7) is 13.6. The molecule has 1 fully saturated rings. The van der Waals surface area contributed by atoms with Crippen LogP contribution in [0.15, 0.2) is 18.7 Å². The van der Waals surface area contributed by atoms with Gasteiger partial charge in [-0.15, -0.1) is 5.06 Å². The fraction of sp³-hybridized carbons (Fsp3) is 0.545. The molecule has 1 saturated heterocycles. The topological polar surface area (TPSA) is 111 Å². The van der Waals surface area contributed by atoms with E-state index in [-0.39, 0.29) is 35.1 Å². The third kappa shape index (κ3) is 6.52. The lowest BCUT2D eigenvalue weighted by molar-refractivity contribution is -0.386. The van der Waals surface area contributed by atoms with Crippen LogP contribution in [0.25, 0.3) is 6.08 Å². The van der Waals surface area contributed by atoms with Crippen molar-refractivity contribution in [2.24, 2.45) is 5.41 Å². The second-order valence-corrected chi connectivity index (χ2v) is 8.84. The number of amides is 1. The molecule has 2 rings (SSSR count). The number of carbonyl (C=O) groups excluding carboxylic acids is 2. The van der Waals surface area contributed by atoms with E-state index < -0.39 is 16.2 Å². The first-order chi connectivity index (χ1) is 14.4. The van der Waals surface area contributed by atoms with Gasteiger partial charge in [-0.25, -0.2) is 4.79 Å². The number of piperidine rings is 1. The molecular weight excluding hydrogens is 402 g/mol. The fourth-order valence-corrected chi connectivity index (χ4v) is 3.05. The summed E-state index contributed by atoms with van der Waals surface area (Å²) in [5.74, 6) is -0.624. The normalized spacial score (nSPS) is 15.4. The highest BCUT2D eigenvalue weighted by molar-refractivity contribution is 5.99. The van der Waals surface area contributed by atoms with Gasteiger partial charge in [-0.3, -0.25) is 14.9 Å². The fourth-order valence-electron chi connectivity index (χ4n) is 3.05. The maximum atomic E-state index is 12.9. The van der Waals surface area contributed by atoms with E-state index in [1.54, 1.807) is 39.7 Å². The number of ether oxygens (including phenoxy) is 1. The Balaban J connectivity index is 2.09.